The fourth-order valence-corrected chi connectivity index (χ4v) is 2.58. The number of nitrogens with two attached hydrogens (primary N) is 1. The summed E-state index contributed by atoms with van der Waals surface area (Å²) in [7, 11) is 1.79. The van der Waals surface area contributed by atoms with Gasteiger partial charge in [-0.3, -0.25) is 9.48 Å². The molecule has 1 aromatic heterocycles. The summed E-state index contributed by atoms with van der Waals surface area (Å²) < 4.78 is 1.63. The van der Waals surface area contributed by atoms with E-state index in [4.69, 9.17) is 5.73 Å². The molecule has 0 radical (unpaired) electrons. The molecule has 1 aliphatic rings. The van der Waals surface area contributed by atoms with Gasteiger partial charge < -0.3 is 15.7 Å². The van der Waals surface area contributed by atoms with Crippen molar-refractivity contribution in [3.8, 4) is 0 Å². The Kier molecular flexibility index (Phi) is 4.55. The molecule has 0 saturated carbocycles. The van der Waals surface area contributed by atoms with Crippen LogP contribution in [0.4, 0.5) is 0 Å². The molecule has 0 aromatic carbocycles. The minimum atomic E-state index is -0.694. The highest BCUT2D eigenvalue weighted by molar-refractivity contribution is 5.83. The Bertz CT molecular complexity index is 432. The van der Waals surface area contributed by atoms with Gasteiger partial charge >= 0.3 is 0 Å². The predicted octanol–water partition coefficient (Wildman–Crippen LogP) is 0.183. The lowest BCUT2D eigenvalue weighted by molar-refractivity contribution is -0.136. The summed E-state index contributed by atoms with van der Waals surface area (Å²) in [5.74, 6) is -0.117. The van der Waals surface area contributed by atoms with Gasteiger partial charge in [0.1, 0.15) is 6.04 Å². The van der Waals surface area contributed by atoms with Crippen molar-refractivity contribution in [1.29, 1.82) is 0 Å². The van der Waals surface area contributed by atoms with Crippen molar-refractivity contribution in [2.24, 2.45) is 12.8 Å². The van der Waals surface area contributed by atoms with Gasteiger partial charge in [0.25, 0.3) is 0 Å². The van der Waals surface area contributed by atoms with E-state index in [1.165, 1.54) is 0 Å². The number of aliphatic hydroxyl groups excluding tert-OH is 1. The van der Waals surface area contributed by atoms with Gasteiger partial charge in [0, 0.05) is 25.4 Å². The second kappa shape index (κ2) is 6.16. The van der Waals surface area contributed by atoms with Crippen LogP contribution in [0, 0.1) is 0 Å². The lowest BCUT2D eigenvalue weighted by Gasteiger charge is -2.30. The Morgan fingerprint density at radius 1 is 1.58 bits per heavy atom. The standard InChI is InChI=1S/C13H22N4O2/c1-16-8-10(7-15-16)12(14)13(19)17-6-4-2-3-5-11(17)9-18/h7-8,11-12,18H,2-6,9,14H2,1H3. The van der Waals surface area contributed by atoms with Crippen LogP contribution >= 0.6 is 0 Å². The Balaban J connectivity index is 2.12. The summed E-state index contributed by atoms with van der Waals surface area (Å²) in [6.07, 6.45) is 7.35. The average Bonchev–Trinajstić information content (AvgIpc) is 2.71. The Labute approximate surface area is 113 Å². The molecule has 2 unspecified atom stereocenters. The summed E-state index contributed by atoms with van der Waals surface area (Å²) in [6, 6.07) is -0.793. The van der Waals surface area contributed by atoms with E-state index in [-0.39, 0.29) is 18.6 Å². The van der Waals surface area contributed by atoms with Gasteiger partial charge in [0.15, 0.2) is 0 Å². The number of aryl methyl sites for hydroxylation is 1. The maximum atomic E-state index is 12.5. The fourth-order valence-electron chi connectivity index (χ4n) is 2.58. The van der Waals surface area contributed by atoms with E-state index in [2.05, 4.69) is 5.10 Å². The summed E-state index contributed by atoms with van der Waals surface area (Å²) in [5.41, 5.74) is 6.74. The van der Waals surface area contributed by atoms with Crippen molar-refractivity contribution in [3.05, 3.63) is 18.0 Å². The SMILES string of the molecule is Cn1cc(C(N)C(=O)N2CCCCCC2CO)cn1. The van der Waals surface area contributed by atoms with E-state index in [0.717, 1.165) is 25.7 Å². The molecule has 0 aliphatic carbocycles. The molecule has 0 spiro atoms. The topological polar surface area (TPSA) is 84.4 Å². The number of aromatic nitrogens is 2. The van der Waals surface area contributed by atoms with Crippen LogP contribution in [-0.4, -0.2) is 44.9 Å². The molecule has 1 aliphatic heterocycles. The van der Waals surface area contributed by atoms with Gasteiger partial charge in [-0.15, -0.1) is 0 Å². The third kappa shape index (κ3) is 3.13. The van der Waals surface area contributed by atoms with Gasteiger partial charge in [0.05, 0.1) is 18.8 Å². The number of amides is 1. The molecule has 2 atom stereocenters. The van der Waals surface area contributed by atoms with Crippen LogP contribution in [0.2, 0.25) is 0 Å². The van der Waals surface area contributed by atoms with Gasteiger partial charge in [0.2, 0.25) is 5.91 Å². The van der Waals surface area contributed by atoms with Crippen molar-refractivity contribution in [2.75, 3.05) is 13.2 Å². The van der Waals surface area contributed by atoms with Gasteiger partial charge in [-0.2, -0.15) is 5.10 Å². The molecular weight excluding hydrogens is 244 g/mol. The van der Waals surface area contributed by atoms with E-state index in [0.29, 0.717) is 12.1 Å². The van der Waals surface area contributed by atoms with Gasteiger partial charge in [-0.25, -0.2) is 0 Å². The molecule has 0 bridgehead atoms. The minimum absolute atomic E-state index is 0.00546. The molecule has 2 heterocycles. The number of aliphatic hydroxyl groups is 1. The van der Waals surface area contributed by atoms with E-state index in [1.807, 2.05) is 0 Å². The Hall–Kier alpha value is -1.40. The van der Waals surface area contributed by atoms with Gasteiger partial charge in [-0.05, 0) is 12.8 Å². The number of likely N-dealkylation sites (tertiary alicyclic amines) is 1. The molecule has 1 aromatic rings. The van der Waals surface area contributed by atoms with Crippen molar-refractivity contribution >= 4 is 5.91 Å². The van der Waals surface area contributed by atoms with Crippen LogP contribution in [0.1, 0.15) is 37.3 Å². The van der Waals surface area contributed by atoms with Crippen LogP contribution in [0.25, 0.3) is 0 Å². The number of nitrogens with zero attached hydrogens (tertiary/aromatic N) is 3. The third-order valence-electron chi connectivity index (χ3n) is 3.72. The first-order valence-electron chi connectivity index (χ1n) is 6.79. The molecule has 1 fully saturated rings. The summed E-state index contributed by atoms with van der Waals surface area (Å²) in [5, 5.41) is 13.5. The number of rotatable bonds is 3. The molecule has 3 N–H and O–H groups in total. The molecular formula is C13H22N4O2. The number of carbonyl (C=O) groups is 1. The summed E-state index contributed by atoms with van der Waals surface area (Å²) >= 11 is 0. The first kappa shape index (κ1) is 14.0. The van der Waals surface area contributed by atoms with Gasteiger partial charge in [-0.1, -0.05) is 12.8 Å². The third-order valence-corrected chi connectivity index (χ3v) is 3.72. The highest BCUT2D eigenvalue weighted by atomic mass is 16.3. The normalized spacial score (nSPS) is 22.1. The molecule has 6 heteroatoms. The maximum absolute atomic E-state index is 12.5. The smallest absolute Gasteiger partial charge is 0.244 e. The van der Waals surface area contributed by atoms with Crippen LogP contribution in [-0.2, 0) is 11.8 Å². The lowest BCUT2D eigenvalue weighted by Crippen LogP contribution is -2.46. The highest BCUT2D eigenvalue weighted by Gasteiger charge is 2.29. The Morgan fingerprint density at radius 2 is 2.37 bits per heavy atom. The molecule has 1 saturated heterocycles. The summed E-state index contributed by atoms with van der Waals surface area (Å²) in [6.45, 7) is 0.684. The number of hydrogen-bond acceptors (Lipinski definition) is 4. The zero-order valence-corrected chi connectivity index (χ0v) is 11.3. The quantitative estimate of drug-likeness (QED) is 0.817. The number of hydrogen-bond donors (Lipinski definition) is 2. The van der Waals surface area contributed by atoms with Crippen LogP contribution in [0.3, 0.4) is 0 Å². The monoisotopic (exact) mass is 266 g/mol. The van der Waals surface area contributed by atoms with Crippen molar-refractivity contribution in [3.63, 3.8) is 0 Å². The Morgan fingerprint density at radius 3 is 3.00 bits per heavy atom. The van der Waals surface area contributed by atoms with Crippen molar-refractivity contribution in [1.82, 2.24) is 14.7 Å². The fraction of sp³-hybridized carbons (Fsp3) is 0.692. The number of carbonyl (C=O) groups excluding carboxylic acids is 1. The van der Waals surface area contributed by atoms with Crippen LogP contribution in [0.5, 0.6) is 0 Å². The minimum Gasteiger partial charge on any atom is -0.394 e. The average molecular weight is 266 g/mol. The van der Waals surface area contributed by atoms with Crippen molar-refractivity contribution in [2.45, 2.75) is 37.8 Å². The van der Waals surface area contributed by atoms with Crippen LogP contribution < -0.4 is 5.73 Å². The molecule has 19 heavy (non-hydrogen) atoms. The predicted molar refractivity (Wildman–Crippen MR) is 71.2 cm³/mol. The van der Waals surface area contributed by atoms with Crippen LogP contribution in [0.15, 0.2) is 12.4 Å². The van der Waals surface area contributed by atoms with E-state index >= 15 is 0 Å². The first-order valence-corrected chi connectivity index (χ1v) is 6.79. The molecule has 2 rings (SSSR count). The second-order valence-electron chi connectivity index (χ2n) is 5.14. The zero-order valence-electron chi connectivity index (χ0n) is 11.3. The highest BCUT2D eigenvalue weighted by Crippen LogP contribution is 2.21. The molecule has 6 nitrogen and oxygen atoms in total. The maximum Gasteiger partial charge on any atom is 0.244 e. The lowest BCUT2D eigenvalue weighted by atomic mass is 10.1. The summed E-state index contributed by atoms with van der Waals surface area (Å²) in [4.78, 5) is 14.2. The van der Waals surface area contributed by atoms with E-state index in [9.17, 15) is 9.90 Å². The second-order valence-corrected chi connectivity index (χ2v) is 5.14. The molecule has 1 amide bonds. The van der Waals surface area contributed by atoms with Crippen molar-refractivity contribution < 1.29 is 9.90 Å². The largest absolute Gasteiger partial charge is 0.394 e. The van der Waals surface area contributed by atoms with E-state index in [1.54, 1.807) is 29.0 Å². The zero-order chi connectivity index (χ0) is 13.8. The molecule has 106 valence electrons. The van der Waals surface area contributed by atoms with E-state index < -0.39 is 6.04 Å². The first-order chi connectivity index (χ1) is 9.13.